The first-order chi connectivity index (χ1) is 24.3. The minimum Gasteiger partial charge on any atom is -0.256 e. The Balaban J connectivity index is 1.24. The molecule has 2 aromatic heterocycles. The fraction of sp³-hybridized carbons (Fsp3) is 0.0222. The Morgan fingerprint density at radius 1 is 0.347 bits per heavy atom. The SMILES string of the molecule is c1ccc(-c2nc(-c3cccc(-c4ccccn4)c3)nc(-c3cccc4c3-c3ccccc3C43c4ccccc4-c4ccccc43)n2)cc1. The van der Waals surface area contributed by atoms with Crippen LogP contribution in [-0.4, -0.2) is 19.9 Å². The number of aromatic nitrogens is 4. The van der Waals surface area contributed by atoms with Gasteiger partial charge in [-0.05, 0) is 62.7 Å². The molecule has 2 heterocycles. The number of benzene rings is 6. The molecule has 8 aromatic rings. The molecule has 0 bridgehead atoms. The maximum Gasteiger partial charge on any atom is 0.164 e. The van der Waals surface area contributed by atoms with Crippen LogP contribution in [0.3, 0.4) is 0 Å². The highest BCUT2D eigenvalue weighted by Gasteiger charge is 2.52. The molecule has 49 heavy (non-hydrogen) atoms. The van der Waals surface area contributed by atoms with Gasteiger partial charge in [0.2, 0.25) is 0 Å². The molecule has 2 aliphatic rings. The molecule has 4 heteroatoms. The normalized spacial score (nSPS) is 13.1. The van der Waals surface area contributed by atoms with Crippen LogP contribution in [0.4, 0.5) is 0 Å². The topological polar surface area (TPSA) is 51.6 Å². The van der Waals surface area contributed by atoms with Gasteiger partial charge in [-0.25, -0.2) is 15.0 Å². The molecule has 6 aromatic carbocycles. The van der Waals surface area contributed by atoms with E-state index in [1.807, 2.05) is 48.7 Å². The molecule has 4 nitrogen and oxygen atoms in total. The van der Waals surface area contributed by atoms with Gasteiger partial charge in [-0.3, -0.25) is 4.98 Å². The van der Waals surface area contributed by atoms with Crippen LogP contribution < -0.4 is 0 Å². The molecule has 0 atom stereocenters. The average Bonchev–Trinajstić information content (AvgIpc) is 3.66. The summed E-state index contributed by atoms with van der Waals surface area (Å²) in [6, 6.07) is 57.7. The summed E-state index contributed by atoms with van der Waals surface area (Å²) in [5.41, 5.74) is 14.4. The van der Waals surface area contributed by atoms with Crippen LogP contribution >= 0.6 is 0 Å². The fourth-order valence-electron chi connectivity index (χ4n) is 8.02. The van der Waals surface area contributed by atoms with E-state index in [0.717, 1.165) is 27.9 Å². The Kier molecular flexibility index (Phi) is 6.06. The zero-order valence-electron chi connectivity index (χ0n) is 26.5. The van der Waals surface area contributed by atoms with Crippen molar-refractivity contribution in [2.75, 3.05) is 0 Å². The third kappa shape index (κ3) is 4.04. The maximum atomic E-state index is 5.25. The monoisotopic (exact) mass is 624 g/mol. The zero-order valence-corrected chi connectivity index (χ0v) is 26.5. The first kappa shape index (κ1) is 27.6. The third-order valence-corrected chi connectivity index (χ3v) is 10.0. The molecule has 0 N–H and O–H groups in total. The molecule has 228 valence electrons. The lowest BCUT2D eigenvalue weighted by atomic mass is 9.70. The largest absolute Gasteiger partial charge is 0.256 e. The Labute approximate surface area is 284 Å². The van der Waals surface area contributed by atoms with Crippen LogP contribution in [-0.2, 0) is 5.41 Å². The number of pyridine rings is 1. The Morgan fingerprint density at radius 2 is 0.857 bits per heavy atom. The van der Waals surface area contributed by atoms with Gasteiger partial charge in [0.1, 0.15) is 0 Å². The summed E-state index contributed by atoms with van der Waals surface area (Å²) in [5, 5.41) is 0. The second-order valence-corrected chi connectivity index (χ2v) is 12.6. The summed E-state index contributed by atoms with van der Waals surface area (Å²) in [7, 11) is 0. The first-order valence-corrected chi connectivity index (χ1v) is 16.6. The van der Waals surface area contributed by atoms with E-state index in [2.05, 4.69) is 126 Å². The third-order valence-electron chi connectivity index (χ3n) is 10.0. The Morgan fingerprint density at radius 3 is 1.57 bits per heavy atom. The summed E-state index contributed by atoms with van der Waals surface area (Å²) in [4.78, 5) is 20.1. The summed E-state index contributed by atoms with van der Waals surface area (Å²) >= 11 is 0. The van der Waals surface area contributed by atoms with Crippen molar-refractivity contribution < 1.29 is 0 Å². The number of fused-ring (bicyclic) bond motifs is 10. The lowest BCUT2D eigenvalue weighted by Crippen LogP contribution is -2.25. The van der Waals surface area contributed by atoms with Crippen molar-refractivity contribution in [3.05, 3.63) is 192 Å². The Bertz CT molecular complexity index is 2510. The number of hydrogen-bond acceptors (Lipinski definition) is 4. The van der Waals surface area contributed by atoms with Gasteiger partial charge < -0.3 is 0 Å². The second kappa shape index (κ2) is 10.8. The van der Waals surface area contributed by atoms with Crippen molar-refractivity contribution in [1.29, 1.82) is 0 Å². The maximum absolute atomic E-state index is 5.25. The number of rotatable bonds is 4. The molecular weight excluding hydrogens is 597 g/mol. The van der Waals surface area contributed by atoms with Crippen LogP contribution in [0.15, 0.2) is 170 Å². The smallest absolute Gasteiger partial charge is 0.164 e. The van der Waals surface area contributed by atoms with E-state index < -0.39 is 5.41 Å². The van der Waals surface area contributed by atoms with Crippen molar-refractivity contribution in [2.24, 2.45) is 0 Å². The predicted molar refractivity (Wildman–Crippen MR) is 196 cm³/mol. The fourth-order valence-corrected chi connectivity index (χ4v) is 8.02. The van der Waals surface area contributed by atoms with Gasteiger partial charge in [0.15, 0.2) is 17.5 Å². The van der Waals surface area contributed by atoms with Gasteiger partial charge in [0.05, 0.1) is 11.1 Å². The zero-order chi connectivity index (χ0) is 32.4. The highest BCUT2D eigenvalue weighted by Crippen LogP contribution is 2.63. The lowest BCUT2D eigenvalue weighted by Gasteiger charge is -2.30. The van der Waals surface area contributed by atoms with Gasteiger partial charge in [-0.2, -0.15) is 0 Å². The van der Waals surface area contributed by atoms with Gasteiger partial charge in [-0.15, -0.1) is 0 Å². The van der Waals surface area contributed by atoms with Crippen LogP contribution in [0.5, 0.6) is 0 Å². The molecular formula is C45H28N4. The molecule has 0 saturated carbocycles. The first-order valence-electron chi connectivity index (χ1n) is 16.6. The highest BCUT2D eigenvalue weighted by molar-refractivity contribution is 5.99. The lowest BCUT2D eigenvalue weighted by molar-refractivity contribution is 0.794. The van der Waals surface area contributed by atoms with E-state index in [9.17, 15) is 0 Å². The number of nitrogens with zero attached hydrogens (tertiary/aromatic N) is 4. The van der Waals surface area contributed by atoms with Crippen molar-refractivity contribution >= 4 is 0 Å². The van der Waals surface area contributed by atoms with E-state index >= 15 is 0 Å². The molecule has 0 fully saturated rings. The van der Waals surface area contributed by atoms with Gasteiger partial charge >= 0.3 is 0 Å². The van der Waals surface area contributed by atoms with Crippen LogP contribution in [0.2, 0.25) is 0 Å². The van der Waals surface area contributed by atoms with E-state index in [4.69, 9.17) is 15.0 Å². The highest BCUT2D eigenvalue weighted by atomic mass is 15.0. The van der Waals surface area contributed by atoms with E-state index in [0.29, 0.717) is 17.5 Å². The van der Waals surface area contributed by atoms with E-state index in [1.54, 1.807) is 0 Å². The van der Waals surface area contributed by atoms with Crippen molar-refractivity contribution in [1.82, 2.24) is 19.9 Å². The molecule has 2 aliphatic carbocycles. The quantitative estimate of drug-likeness (QED) is 0.196. The average molecular weight is 625 g/mol. The summed E-state index contributed by atoms with van der Waals surface area (Å²) < 4.78 is 0. The summed E-state index contributed by atoms with van der Waals surface area (Å²) in [6.45, 7) is 0. The number of hydrogen-bond donors (Lipinski definition) is 0. The molecule has 0 amide bonds. The van der Waals surface area contributed by atoms with Crippen molar-refractivity contribution in [2.45, 2.75) is 5.41 Å². The van der Waals surface area contributed by atoms with Crippen molar-refractivity contribution in [3.63, 3.8) is 0 Å². The van der Waals surface area contributed by atoms with Crippen molar-refractivity contribution in [3.8, 4) is 67.7 Å². The predicted octanol–water partition coefficient (Wildman–Crippen LogP) is 10.3. The molecule has 0 unspecified atom stereocenters. The van der Waals surface area contributed by atoms with Crippen LogP contribution in [0, 0.1) is 0 Å². The molecule has 0 saturated heterocycles. The van der Waals surface area contributed by atoms with Gasteiger partial charge in [0.25, 0.3) is 0 Å². The molecule has 0 radical (unpaired) electrons. The van der Waals surface area contributed by atoms with Crippen LogP contribution in [0.1, 0.15) is 22.3 Å². The van der Waals surface area contributed by atoms with Gasteiger partial charge in [-0.1, -0.05) is 146 Å². The van der Waals surface area contributed by atoms with Gasteiger partial charge in [0, 0.05) is 28.5 Å². The minimum atomic E-state index is -0.440. The van der Waals surface area contributed by atoms with E-state index in [1.165, 1.54) is 44.5 Å². The molecule has 1 spiro atoms. The molecule has 10 rings (SSSR count). The summed E-state index contributed by atoms with van der Waals surface area (Å²) in [5.74, 6) is 1.91. The Hall–Kier alpha value is -6.52. The van der Waals surface area contributed by atoms with E-state index in [-0.39, 0.29) is 0 Å². The minimum absolute atomic E-state index is 0.440. The standard InChI is InChI=1S/C45H28N4/c1-2-14-29(15-3-1)42-47-43(31-17-12-16-30(28-31)40-26-10-11-27-46-40)49-44(48-42)35-21-13-25-39-41(35)34-20-6-9-24-38(34)45(39)36-22-7-4-18-32(36)33-19-5-8-23-37(33)45/h1-28H. The summed E-state index contributed by atoms with van der Waals surface area (Å²) in [6.07, 6.45) is 1.82. The van der Waals surface area contributed by atoms with Crippen LogP contribution in [0.25, 0.3) is 67.7 Å². The second-order valence-electron chi connectivity index (χ2n) is 12.6. The molecule has 0 aliphatic heterocycles.